The number of epoxide rings is 2. The Morgan fingerprint density at radius 3 is 1.65 bits per heavy atom. The van der Waals surface area contributed by atoms with E-state index in [0.717, 1.165) is 26.1 Å². The summed E-state index contributed by atoms with van der Waals surface area (Å²) in [6.45, 7) is 7.38. The molecular formula is C22H28O4. The summed E-state index contributed by atoms with van der Waals surface area (Å²) in [5.41, 5.74) is 2.47. The average molecular weight is 356 g/mol. The van der Waals surface area contributed by atoms with E-state index in [-0.39, 0.29) is 12.2 Å². The molecule has 0 saturated carbocycles. The number of benzene rings is 2. The molecule has 2 saturated heterocycles. The third-order valence-corrected chi connectivity index (χ3v) is 5.14. The number of ether oxygens (including phenoxy) is 4. The van der Waals surface area contributed by atoms with Crippen LogP contribution in [0.4, 0.5) is 0 Å². The van der Waals surface area contributed by atoms with Gasteiger partial charge in [-0.2, -0.15) is 0 Å². The molecule has 2 aromatic rings. The monoisotopic (exact) mass is 356 g/mol. The molecular weight excluding hydrogens is 328 g/mol. The molecule has 0 N–H and O–H groups in total. The fourth-order valence-electron chi connectivity index (χ4n) is 3.36. The van der Waals surface area contributed by atoms with E-state index in [9.17, 15) is 0 Å². The zero-order valence-electron chi connectivity index (χ0n) is 15.6. The molecule has 140 valence electrons. The van der Waals surface area contributed by atoms with Crippen LogP contribution in [0.5, 0.6) is 0 Å². The van der Waals surface area contributed by atoms with E-state index in [1.165, 1.54) is 21.9 Å². The van der Waals surface area contributed by atoms with Crippen molar-refractivity contribution in [1.82, 2.24) is 0 Å². The van der Waals surface area contributed by atoms with Gasteiger partial charge >= 0.3 is 0 Å². The molecule has 4 unspecified atom stereocenters. The molecule has 0 aromatic heterocycles. The molecule has 2 aromatic carbocycles. The Labute approximate surface area is 155 Å². The number of hydrogen-bond donors (Lipinski definition) is 0. The van der Waals surface area contributed by atoms with Gasteiger partial charge in [0.05, 0.1) is 38.6 Å². The Balaban J connectivity index is 1.52. The lowest BCUT2D eigenvalue weighted by molar-refractivity contribution is 0.0393. The van der Waals surface area contributed by atoms with Crippen LogP contribution in [-0.4, -0.2) is 38.6 Å². The molecule has 2 aliphatic heterocycles. The first-order valence-electron chi connectivity index (χ1n) is 9.76. The highest BCUT2D eigenvalue weighted by molar-refractivity contribution is 5.84. The molecule has 2 fully saturated rings. The summed E-state index contributed by atoms with van der Waals surface area (Å²) in [5.74, 6) is 0. The Bertz CT molecular complexity index is 677. The molecule has 26 heavy (non-hydrogen) atoms. The van der Waals surface area contributed by atoms with Crippen molar-refractivity contribution >= 4 is 10.8 Å². The first-order valence-corrected chi connectivity index (χ1v) is 9.76. The van der Waals surface area contributed by atoms with Crippen molar-refractivity contribution in [2.45, 2.75) is 51.1 Å². The highest BCUT2D eigenvalue weighted by atomic mass is 16.6. The van der Waals surface area contributed by atoms with Gasteiger partial charge in [-0.1, -0.05) is 38.1 Å². The van der Waals surface area contributed by atoms with Crippen LogP contribution in [0, 0.1) is 0 Å². The Kier molecular flexibility index (Phi) is 5.55. The Hall–Kier alpha value is -1.46. The van der Waals surface area contributed by atoms with Gasteiger partial charge in [0, 0.05) is 0 Å². The fraction of sp³-hybridized carbons (Fsp3) is 0.545. The molecule has 0 radical (unpaired) electrons. The van der Waals surface area contributed by atoms with Gasteiger partial charge in [-0.25, -0.2) is 0 Å². The molecule has 0 amide bonds. The van der Waals surface area contributed by atoms with Gasteiger partial charge in [-0.05, 0) is 46.9 Å². The van der Waals surface area contributed by atoms with Gasteiger partial charge in [0.1, 0.15) is 12.2 Å². The minimum Gasteiger partial charge on any atom is -0.371 e. The maximum Gasteiger partial charge on any atom is 0.104 e. The number of fused-ring (bicyclic) bond motifs is 1. The van der Waals surface area contributed by atoms with Gasteiger partial charge in [0.15, 0.2) is 0 Å². The van der Waals surface area contributed by atoms with Crippen molar-refractivity contribution in [2.24, 2.45) is 0 Å². The van der Waals surface area contributed by atoms with Gasteiger partial charge in [-0.3, -0.25) is 0 Å². The maximum atomic E-state index is 6.06. The Morgan fingerprint density at radius 2 is 1.27 bits per heavy atom. The predicted molar refractivity (Wildman–Crippen MR) is 101 cm³/mol. The lowest BCUT2D eigenvalue weighted by atomic mass is 9.98. The summed E-state index contributed by atoms with van der Waals surface area (Å²) < 4.78 is 22.6. The van der Waals surface area contributed by atoms with Crippen molar-refractivity contribution < 1.29 is 18.9 Å². The van der Waals surface area contributed by atoms with Crippen LogP contribution < -0.4 is 0 Å². The second-order valence-electron chi connectivity index (χ2n) is 7.24. The van der Waals surface area contributed by atoms with Crippen molar-refractivity contribution in [1.29, 1.82) is 0 Å². The van der Waals surface area contributed by atoms with Crippen LogP contribution in [0.2, 0.25) is 0 Å². The van der Waals surface area contributed by atoms with E-state index < -0.39 is 0 Å². The number of hydrogen-bond acceptors (Lipinski definition) is 4. The van der Waals surface area contributed by atoms with E-state index in [1.54, 1.807) is 0 Å². The molecule has 2 aliphatic rings. The smallest absolute Gasteiger partial charge is 0.104 e. The summed E-state index contributed by atoms with van der Waals surface area (Å²) >= 11 is 0. The standard InChI is InChI=1S/C22H28O4/c1-3-21(25-13-19-11-23-19)16-7-5-15-6-8-17(10-18(15)9-16)22(4-2)26-14-20-12-24-20/h5-10,19-22H,3-4,11-14H2,1-2H3. The van der Waals surface area contributed by atoms with Crippen molar-refractivity contribution in [3.05, 3.63) is 47.5 Å². The lowest BCUT2D eigenvalue weighted by Gasteiger charge is -2.19. The minimum absolute atomic E-state index is 0.123. The van der Waals surface area contributed by atoms with Crippen LogP contribution in [0.25, 0.3) is 10.8 Å². The highest BCUT2D eigenvalue weighted by Gasteiger charge is 2.25. The highest BCUT2D eigenvalue weighted by Crippen LogP contribution is 2.30. The second kappa shape index (κ2) is 8.05. The maximum absolute atomic E-state index is 6.06. The normalized spacial score (nSPS) is 23.8. The Morgan fingerprint density at radius 1 is 0.808 bits per heavy atom. The molecule has 4 heteroatoms. The molecule has 4 atom stereocenters. The fourth-order valence-corrected chi connectivity index (χ4v) is 3.36. The van der Waals surface area contributed by atoms with Crippen LogP contribution in [0.1, 0.15) is 50.0 Å². The first kappa shape index (κ1) is 17.9. The zero-order valence-corrected chi connectivity index (χ0v) is 15.6. The van der Waals surface area contributed by atoms with Crippen molar-refractivity contribution in [2.75, 3.05) is 26.4 Å². The lowest BCUT2D eigenvalue weighted by Crippen LogP contribution is -2.09. The van der Waals surface area contributed by atoms with E-state index >= 15 is 0 Å². The van der Waals surface area contributed by atoms with Gasteiger partial charge in [-0.15, -0.1) is 0 Å². The van der Waals surface area contributed by atoms with E-state index in [0.29, 0.717) is 25.4 Å². The third-order valence-electron chi connectivity index (χ3n) is 5.14. The quantitative estimate of drug-likeness (QED) is 0.585. The summed E-state index contributed by atoms with van der Waals surface area (Å²) in [4.78, 5) is 0. The molecule has 4 rings (SSSR count). The largest absolute Gasteiger partial charge is 0.371 e. The number of rotatable bonds is 10. The summed E-state index contributed by atoms with van der Waals surface area (Å²) in [6.07, 6.45) is 2.76. The van der Waals surface area contributed by atoms with Crippen molar-refractivity contribution in [3.63, 3.8) is 0 Å². The van der Waals surface area contributed by atoms with Crippen molar-refractivity contribution in [3.8, 4) is 0 Å². The van der Waals surface area contributed by atoms with Gasteiger partial charge in [0.2, 0.25) is 0 Å². The molecule has 4 nitrogen and oxygen atoms in total. The molecule has 2 heterocycles. The predicted octanol–water partition coefficient (Wildman–Crippen LogP) is 4.57. The summed E-state index contributed by atoms with van der Waals surface area (Å²) in [6, 6.07) is 13.3. The second-order valence-corrected chi connectivity index (χ2v) is 7.24. The third kappa shape index (κ3) is 4.44. The summed E-state index contributed by atoms with van der Waals surface area (Å²) in [5, 5.41) is 2.49. The molecule has 0 spiro atoms. The topological polar surface area (TPSA) is 43.5 Å². The molecule has 0 bridgehead atoms. The van der Waals surface area contributed by atoms with E-state index in [4.69, 9.17) is 18.9 Å². The van der Waals surface area contributed by atoms with Crippen LogP contribution in [0.15, 0.2) is 36.4 Å². The van der Waals surface area contributed by atoms with Crippen LogP contribution >= 0.6 is 0 Å². The van der Waals surface area contributed by atoms with Crippen LogP contribution in [0.3, 0.4) is 0 Å². The van der Waals surface area contributed by atoms with E-state index in [2.05, 4.69) is 50.2 Å². The minimum atomic E-state index is 0.123. The SMILES string of the molecule is CCC(OCC1CO1)c1ccc2ccc(C(CC)OCC3CO3)cc2c1. The summed E-state index contributed by atoms with van der Waals surface area (Å²) in [7, 11) is 0. The van der Waals surface area contributed by atoms with Gasteiger partial charge < -0.3 is 18.9 Å². The van der Waals surface area contributed by atoms with Crippen LogP contribution in [-0.2, 0) is 18.9 Å². The first-order chi connectivity index (χ1) is 12.8. The van der Waals surface area contributed by atoms with E-state index in [1.807, 2.05) is 0 Å². The average Bonchev–Trinajstić information content (AvgIpc) is 3.57. The molecule has 0 aliphatic carbocycles. The van der Waals surface area contributed by atoms with Gasteiger partial charge in [0.25, 0.3) is 0 Å². The zero-order chi connectivity index (χ0) is 17.9.